The SMILES string of the molecule is CCC(C(=O)NC1CCCCC1)N(CCc1ccccc1)C(=O)Cc1ccccc1[N+](=O)[O-]. The van der Waals surface area contributed by atoms with Crippen LogP contribution < -0.4 is 5.32 Å². The lowest BCUT2D eigenvalue weighted by molar-refractivity contribution is -0.385. The number of nitro groups is 1. The maximum absolute atomic E-state index is 13.4. The predicted octanol–water partition coefficient (Wildman–Crippen LogP) is 4.44. The fraction of sp³-hybridized carbons (Fsp3) is 0.462. The van der Waals surface area contributed by atoms with Gasteiger partial charge >= 0.3 is 0 Å². The lowest BCUT2D eigenvalue weighted by Crippen LogP contribution is -2.52. The molecule has 0 aliphatic heterocycles. The second-order valence-corrected chi connectivity index (χ2v) is 8.65. The molecule has 1 atom stereocenters. The molecule has 1 fully saturated rings. The van der Waals surface area contributed by atoms with Gasteiger partial charge in [0.15, 0.2) is 0 Å². The van der Waals surface area contributed by atoms with Gasteiger partial charge in [0.2, 0.25) is 11.8 Å². The van der Waals surface area contributed by atoms with Crippen molar-refractivity contribution < 1.29 is 14.5 Å². The van der Waals surface area contributed by atoms with Crippen LogP contribution in [-0.4, -0.2) is 40.3 Å². The average Bonchev–Trinajstić information content (AvgIpc) is 2.83. The van der Waals surface area contributed by atoms with E-state index < -0.39 is 11.0 Å². The van der Waals surface area contributed by atoms with Gasteiger partial charge in [-0.15, -0.1) is 0 Å². The van der Waals surface area contributed by atoms with Crippen molar-refractivity contribution in [3.8, 4) is 0 Å². The van der Waals surface area contributed by atoms with Crippen LogP contribution in [0.4, 0.5) is 5.69 Å². The average molecular weight is 452 g/mol. The molecule has 7 nitrogen and oxygen atoms in total. The summed E-state index contributed by atoms with van der Waals surface area (Å²) < 4.78 is 0. The quantitative estimate of drug-likeness (QED) is 0.427. The standard InChI is InChI=1S/C26H33N3O4/c1-2-23(26(31)27-22-14-7-4-8-15-22)28(18-17-20-11-5-3-6-12-20)25(30)19-21-13-9-10-16-24(21)29(32)33/h3,5-6,9-13,16,22-23H,2,4,7-8,14-15,17-19H2,1H3,(H,27,31). The van der Waals surface area contributed by atoms with E-state index in [1.54, 1.807) is 23.1 Å². The highest BCUT2D eigenvalue weighted by Crippen LogP contribution is 2.21. The number of nitro benzene ring substituents is 1. The third-order valence-corrected chi connectivity index (χ3v) is 6.35. The molecule has 1 N–H and O–H groups in total. The second-order valence-electron chi connectivity index (χ2n) is 8.65. The van der Waals surface area contributed by atoms with Gasteiger partial charge in [0.05, 0.1) is 11.3 Å². The zero-order valence-electron chi connectivity index (χ0n) is 19.2. The molecule has 0 bridgehead atoms. The fourth-order valence-corrected chi connectivity index (χ4v) is 4.54. The van der Waals surface area contributed by atoms with Crippen LogP contribution >= 0.6 is 0 Å². The number of hydrogen-bond acceptors (Lipinski definition) is 4. The van der Waals surface area contributed by atoms with E-state index in [4.69, 9.17) is 0 Å². The minimum absolute atomic E-state index is 0.0754. The molecule has 3 rings (SSSR count). The molecule has 0 aromatic heterocycles. The molecule has 2 amide bonds. The molecule has 1 aliphatic carbocycles. The van der Waals surface area contributed by atoms with E-state index in [9.17, 15) is 19.7 Å². The first-order valence-corrected chi connectivity index (χ1v) is 11.9. The van der Waals surface area contributed by atoms with E-state index in [1.807, 2.05) is 37.3 Å². The van der Waals surface area contributed by atoms with Crippen LogP contribution in [-0.2, 0) is 22.4 Å². The fourth-order valence-electron chi connectivity index (χ4n) is 4.54. The Morgan fingerprint density at radius 3 is 2.39 bits per heavy atom. The van der Waals surface area contributed by atoms with Gasteiger partial charge in [0.1, 0.15) is 6.04 Å². The Bertz CT molecular complexity index is 942. The number of nitrogens with one attached hydrogen (secondary N) is 1. The molecule has 0 spiro atoms. The molecular formula is C26H33N3O4. The monoisotopic (exact) mass is 451 g/mol. The maximum atomic E-state index is 13.4. The van der Waals surface area contributed by atoms with Crippen LogP contribution in [0.3, 0.4) is 0 Å². The van der Waals surface area contributed by atoms with E-state index >= 15 is 0 Å². The van der Waals surface area contributed by atoms with E-state index in [2.05, 4.69) is 5.32 Å². The number of rotatable bonds is 10. The van der Waals surface area contributed by atoms with Crippen molar-refractivity contribution in [1.29, 1.82) is 0 Å². The molecule has 2 aromatic rings. The summed E-state index contributed by atoms with van der Waals surface area (Å²) >= 11 is 0. The van der Waals surface area contributed by atoms with Gasteiger partial charge in [-0.2, -0.15) is 0 Å². The molecule has 2 aromatic carbocycles. The third kappa shape index (κ3) is 6.88. The molecule has 0 radical (unpaired) electrons. The summed E-state index contributed by atoms with van der Waals surface area (Å²) in [7, 11) is 0. The number of amides is 2. The van der Waals surface area contributed by atoms with E-state index in [1.165, 1.54) is 12.5 Å². The molecule has 0 heterocycles. The van der Waals surface area contributed by atoms with Gasteiger partial charge in [-0.3, -0.25) is 19.7 Å². The van der Waals surface area contributed by atoms with Crippen molar-refractivity contribution in [2.45, 2.75) is 70.4 Å². The Morgan fingerprint density at radius 1 is 1.06 bits per heavy atom. The molecule has 176 valence electrons. The minimum atomic E-state index is -0.606. The highest BCUT2D eigenvalue weighted by molar-refractivity contribution is 5.89. The van der Waals surface area contributed by atoms with Crippen LogP contribution in [0.2, 0.25) is 0 Å². The predicted molar refractivity (Wildman–Crippen MR) is 128 cm³/mol. The van der Waals surface area contributed by atoms with Gasteiger partial charge in [0.25, 0.3) is 5.69 Å². The number of carbonyl (C=O) groups is 2. The van der Waals surface area contributed by atoms with Crippen molar-refractivity contribution >= 4 is 17.5 Å². The topological polar surface area (TPSA) is 92.6 Å². The summed E-state index contributed by atoms with van der Waals surface area (Å²) in [4.78, 5) is 39.2. The van der Waals surface area contributed by atoms with Crippen molar-refractivity contribution in [3.63, 3.8) is 0 Å². The zero-order valence-corrected chi connectivity index (χ0v) is 19.2. The lowest BCUT2D eigenvalue weighted by Gasteiger charge is -2.33. The van der Waals surface area contributed by atoms with Gasteiger partial charge in [-0.05, 0) is 31.2 Å². The smallest absolute Gasteiger partial charge is 0.273 e. The highest BCUT2D eigenvalue weighted by Gasteiger charge is 2.31. The minimum Gasteiger partial charge on any atom is -0.352 e. The van der Waals surface area contributed by atoms with Crippen molar-refractivity contribution in [2.24, 2.45) is 0 Å². The summed E-state index contributed by atoms with van der Waals surface area (Å²) in [5.74, 6) is -0.403. The largest absolute Gasteiger partial charge is 0.352 e. The van der Waals surface area contributed by atoms with Crippen LogP contribution in [0.1, 0.15) is 56.6 Å². The van der Waals surface area contributed by atoms with Crippen LogP contribution in [0.25, 0.3) is 0 Å². The number of carbonyl (C=O) groups excluding carboxylic acids is 2. The molecule has 1 unspecified atom stereocenters. The second kappa shape index (κ2) is 12.1. The Hall–Kier alpha value is -3.22. The Balaban J connectivity index is 1.79. The lowest BCUT2D eigenvalue weighted by atomic mass is 9.95. The van der Waals surface area contributed by atoms with Gasteiger partial charge in [-0.1, -0.05) is 74.7 Å². The first kappa shape index (κ1) is 24.4. The summed E-state index contributed by atoms with van der Waals surface area (Å²) in [5, 5.41) is 14.6. The molecule has 33 heavy (non-hydrogen) atoms. The molecule has 0 saturated heterocycles. The molecule has 1 aliphatic rings. The van der Waals surface area contributed by atoms with Crippen LogP contribution in [0, 0.1) is 10.1 Å². The van der Waals surface area contributed by atoms with E-state index in [-0.39, 0.29) is 30.0 Å². The summed E-state index contributed by atoms with van der Waals surface area (Å²) in [6.45, 7) is 2.28. The normalized spacial score (nSPS) is 14.9. The van der Waals surface area contributed by atoms with E-state index in [0.29, 0.717) is 24.9 Å². The summed E-state index contributed by atoms with van der Waals surface area (Å²) in [6, 6.07) is 15.7. The first-order valence-electron chi connectivity index (χ1n) is 11.9. The third-order valence-electron chi connectivity index (χ3n) is 6.35. The van der Waals surface area contributed by atoms with Gasteiger partial charge in [0, 0.05) is 24.2 Å². The van der Waals surface area contributed by atoms with Gasteiger partial charge < -0.3 is 10.2 Å². The first-order chi connectivity index (χ1) is 16.0. The molecular weight excluding hydrogens is 418 g/mol. The van der Waals surface area contributed by atoms with Crippen LogP contribution in [0.15, 0.2) is 54.6 Å². The number of benzene rings is 2. The molecule has 1 saturated carbocycles. The zero-order chi connectivity index (χ0) is 23.6. The number of nitrogens with zero attached hydrogens (tertiary/aromatic N) is 2. The van der Waals surface area contributed by atoms with Crippen molar-refractivity contribution in [1.82, 2.24) is 10.2 Å². The highest BCUT2D eigenvalue weighted by atomic mass is 16.6. The molecule has 7 heteroatoms. The van der Waals surface area contributed by atoms with E-state index in [0.717, 1.165) is 31.2 Å². The summed E-state index contributed by atoms with van der Waals surface area (Å²) in [5.41, 5.74) is 1.36. The maximum Gasteiger partial charge on any atom is 0.273 e. The Labute approximate surface area is 195 Å². The van der Waals surface area contributed by atoms with Crippen LogP contribution in [0.5, 0.6) is 0 Å². The van der Waals surface area contributed by atoms with Crippen molar-refractivity contribution in [3.05, 3.63) is 75.8 Å². The van der Waals surface area contributed by atoms with Gasteiger partial charge in [-0.25, -0.2) is 0 Å². The summed E-state index contributed by atoms with van der Waals surface area (Å²) in [6.07, 6.45) is 6.33. The Kier molecular flexibility index (Phi) is 8.98. The van der Waals surface area contributed by atoms with Crippen molar-refractivity contribution in [2.75, 3.05) is 6.54 Å². The number of hydrogen-bond donors (Lipinski definition) is 1. The Morgan fingerprint density at radius 2 is 1.73 bits per heavy atom. The number of para-hydroxylation sites is 1.